The Labute approximate surface area is 531 Å². The second kappa shape index (κ2) is 21.9. The molecule has 2 nitrogen and oxygen atoms in total. The van der Waals surface area contributed by atoms with Gasteiger partial charge in [0, 0.05) is 21.5 Å². The molecule has 0 aliphatic carbocycles. The van der Waals surface area contributed by atoms with Crippen LogP contribution in [0.2, 0.25) is 0 Å². The van der Waals surface area contributed by atoms with Crippen molar-refractivity contribution in [3.63, 3.8) is 0 Å². The summed E-state index contributed by atoms with van der Waals surface area (Å²) in [6.07, 6.45) is 0. The first-order valence-electron chi connectivity index (χ1n) is 31.6. The summed E-state index contributed by atoms with van der Waals surface area (Å²) in [7, 11) is 0. The van der Waals surface area contributed by atoms with Crippen LogP contribution in [0.25, 0.3) is 186 Å². The average molecular weight is 1170 g/mol. The minimum atomic E-state index is 0.915. The minimum absolute atomic E-state index is 0.915. The maximum Gasteiger partial charge on any atom is 0.136 e. The number of hydrogen-bond acceptors (Lipinski definition) is 2. The van der Waals surface area contributed by atoms with Crippen LogP contribution in [0.1, 0.15) is 0 Å². The van der Waals surface area contributed by atoms with Gasteiger partial charge in [0.15, 0.2) is 0 Å². The van der Waals surface area contributed by atoms with E-state index >= 15 is 0 Å². The number of benzene rings is 17. The first-order chi connectivity index (χ1) is 45.6. The largest absolute Gasteiger partial charge is 0.456 e. The lowest BCUT2D eigenvalue weighted by molar-refractivity contribution is 0.669. The fraction of sp³-hybridized carbons (Fsp3) is 0. The van der Waals surface area contributed by atoms with Crippen LogP contribution < -0.4 is 0 Å². The third-order valence-electron chi connectivity index (χ3n) is 18.9. The highest BCUT2D eigenvalue weighted by Crippen LogP contribution is 2.47. The number of rotatable bonds is 7. The van der Waals surface area contributed by atoms with Crippen LogP contribution in [0.3, 0.4) is 0 Å². The molecular weight excluding hydrogens is 1110 g/mol. The fourth-order valence-electron chi connectivity index (χ4n) is 14.5. The van der Waals surface area contributed by atoms with Gasteiger partial charge >= 0.3 is 0 Å². The van der Waals surface area contributed by atoms with Gasteiger partial charge in [-0.25, -0.2) is 0 Å². The third-order valence-corrected chi connectivity index (χ3v) is 18.9. The predicted octanol–water partition coefficient (Wildman–Crippen LogP) is 25.8. The molecule has 0 aliphatic heterocycles. The molecule has 0 aliphatic rings. The summed E-state index contributed by atoms with van der Waals surface area (Å²) in [6.45, 7) is 0. The zero-order valence-electron chi connectivity index (χ0n) is 50.1. The molecule has 0 amide bonds. The molecular formula is C90H56O2. The van der Waals surface area contributed by atoms with Crippen molar-refractivity contribution < 1.29 is 8.83 Å². The molecule has 2 heterocycles. The Morgan fingerprint density at radius 2 is 0.348 bits per heavy atom. The molecule has 19 aromatic rings. The van der Waals surface area contributed by atoms with E-state index in [0.29, 0.717) is 0 Å². The molecule has 0 unspecified atom stereocenters. The van der Waals surface area contributed by atoms with E-state index < -0.39 is 0 Å². The Hall–Kier alpha value is -12.1. The van der Waals surface area contributed by atoms with Crippen molar-refractivity contribution in [1.82, 2.24) is 0 Å². The Bertz CT molecular complexity index is 5960. The monoisotopic (exact) mass is 1170 g/mol. The highest BCUT2D eigenvalue weighted by atomic mass is 16.3. The Morgan fingerprint density at radius 1 is 0.130 bits per heavy atom. The second-order valence-electron chi connectivity index (χ2n) is 24.2. The van der Waals surface area contributed by atoms with Gasteiger partial charge in [-0.1, -0.05) is 291 Å². The Kier molecular flexibility index (Phi) is 12.6. The lowest BCUT2D eigenvalue weighted by atomic mass is 9.85. The van der Waals surface area contributed by atoms with E-state index in [9.17, 15) is 0 Å². The molecule has 92 heavy (non-hydrogen) atoms. The third kappa shape index (κ3) is 9.03. The van der Waals surface area contributed by atoms with E-state index in [1.807, 2.05) is 0 Å². The summed E-state index contributed by atoms with van der Waals surface area (Å²) in [5.74, 6) is 0. The van der Waals surface area contributed by atoms with Gasteiger partial charge in [-0.15, -0.1) is 0 Å². The van der Waals surface area contributed by atoms with Crippen molar-refractivity contribution >= 4 is 109 Å². The molecule has 0 spiro atoms. The summed E-state index contributed by atoms with van der Waals surface area (Å²) < 4.78 is 12.5. The summed E-state index contributed by atoms with van der Waals surface area (Å²) in [4.78, 5) is 0. The van der Waals surface area contributed by atoms with Gasteiger partial charge in [-0.3, -0.25) is 0 Å². The average Bonchev–Trinajstić information content (AvgIpc) is 1.06. The molecule has 19 rings (SSSR count). The van der Waals surface area contributed by atoms with Crippen molar-refractivity contribution in [2.24, 2.45) is 0 Å². The SMILES string of the molecule is c1ccc(-c2c3ccccc3c(-c3ccc(-c4ccc5oc6cc7ccccc7cc6c5c4)cc3)c3ccccc23)cc1.c1ccc(-c2ccc(-c3c4ccccc4c(-c4ccc(-c5ccc6oc7cc8ccccc8cc7c6c5)cc4)c4ccccc34)cc2)cc1. The van der Waals surface area contributed by atoms with Gasteiger partial charge in [0.2, 0.25) is 0 Å². The van der Waals surface area contributed by atoms with Crippen LogP contribution >= 0.6 is 0 Å². The highest BCUT2D eigenvalue weighted by molar-refractivity contribution is 6.23. The van der Waals surface area contributed by atoms with Crippen molar-refractivity contribution in [3.05, 3.63) is 340 Å². The van der Waals surface area contributed by atoms with Crippen molar-refractivity contribution in [3.8, 4) is 77.9 Å². The van der Waals surface area contributed by atoms with E-state index in [1.165, 1.54) is 143 Å². The number of furan rings is 2. The topological polar surface area (TPSA) is 26.3 Å². The van der Waals surface area contributed by atoms with E-state index in [-0.39, 0.29) is 0 Å². The van der Waals surface area contributed by atoms with Crippen LogP contribution in [0.5, 0.6) is 0 Å². The maximum absolute atomic E-state index is 6.28. The summed E-state index contributed by atoms with van der Waals surface area (Å²) in [6, 6.07) is 123. The lowest BCUT2D eigenvalue weighted by Crippen LogP contribution is -1.91. The molecule has 17 aromatic carbocycles. The first-order valence-corrected chi connectivity index (χ1v) is 31.6. The van der Waals surface area contributed by atoms with Gasteiger partial charge < -0.3 is 8.83 Å². The fourth-order valence-corrected chi connectivity index (χ4v) is 14.5. The summed E-state index contributed by atoms with van der Waals surface area (Å²) in [5, 5.41) is 19.6. The maximum atomic E-state index is 6.28. The standard InChI is InChI=1S/C48H30O.C42H26O/c1-2-10-31(11-3-1)32-18-22-34(23-19-32)47-39-14-6-8-16-41(39)48(42-17-9-7-15-40(42)47)35-24-20-33(21-25-35)38-26-27-45-43(29-38)44-28-36-12-4-5-13-37(36)30-46(44)49-45;1-2-10-28(11-3-1)41-33-14-6-8-16-35(33)42(36-17-9-7-15-34(36)41)29-20-18-27(19-21-29)32-22-23-39-37(25-32)38-24-30-12-4-5-13-31(30)26-40(38)43-39/h1-30H;1-26H. The van der Waals surface area contributed by atoms with Crippen molar-refractivity contribution in [1.29, 1.82) is 0 Å². The zero-order chi connectivity index (χ0) is 60.6. The Morgan fingerprint density at radius 3 is 0.674 bits per heavy atom. The molecule has 2 aromatic heterocycles. The molecule has 0 radical (unpaired) electrons. The molecule has 0 saturated heterocycles. The van der Waals surface area contributed by atoms with Crippen LogP contribution in [-0.4, -0.2) is 0 Å². The molecule has 0 saturated carbocycles. The van der Waals surface area contributed by atoms with E-state index in [1.54, 1.807) is 0 Å². The molecule has 0 fully saturated rings. The van der Waals surface area contributed by atoms with Crippen LogP contribution in [-0.2, 0) is 0 Å². The number of hydrogen-bond donors (Lipinski definition) is 0. The van der Waals surface area contributed by atoms with Crippen LogP contribution in [0.4, 0.5) is 0 Å². The van der Waals surface area contributed by atoms with E-state index in [2.05, 4.69) is 340 Å². The van der Waals surface area contributed by atoms with Crippen molar-refractivity contribution in [2.75, 3.05) is 0 Å². The lowest BCUT2D eigenvalue weighted by Gasteiger charge is -2.18. The van der Waals surface area contributed by atoms with Crippen LogP contribution in [0, 0.1) is 0 Å². The minimum Gasteiger partial charge on any atom is -0.456 e. The van der Waals surface area contributed by atoms with E-state index in [0.717, 1.165) is 43.9 Å². The number of fused-ring (bicyclic) bond motifs is 12. The van der Waals surface area contributed by atoms with Gasteiger partial charge in [-0.2, -0.15) is 0 Å². The zero-order valence-corrected chi connectivity index (χ0v) is 50.1. The Balaban J connectivity index is 0.000000137. The second-order valence-corrected chi connectivity index (χ2v) is 24.2. The van der Waals surface area contributed by atoms with Crippen molar-refractivity contribution in [2.45, 2.75) is 0 Å². The predicted molar refractivity (Wildman–Crippen MR) is 391 cm³/mol. The van der Waals surface area contributed by atoms with E-state index in [4.69, 9.17) is 8.83 Å². The molecule has 0 atom stereocenters. The normalized spacial score (nSPS) is 11.7. The quantitative estimate of drug-likeness (QED) is 0.149. The summed E-state index contributed by atoms with van der Waals surface area (Å²) >= 11 is 0. The first kappa shape index (κ1) is 53.0. The van der Waals surface area contributed by atoms with Gasteiger partial charge in [-0.05, 0) is 191 Å². The molecule has 0 N–H and O–H groups in total. The summed E-state index contributed by atoms with van der Waals surface area (Å²) in [5.41, 5.74) is 20.9. The van der Waals surface area contributed by atoms with Crippen LogP contribution in [0.15, 0.2) is 349 Å². The smallest absolute Gasteiger partial charge is 0.136 e. The van der Waals surface area contributed by atoms with Gasteiger partial charge in [0.25, 0.3) is 0 Å². The van der Waals surface area contributed by atoms with Gasteiger partial charge in [0.1, 0.15) is 22.3 Å². The molecule has 428 valence electrons. The van der Waals surface area contributed by atoms with Gasteiger partial charge in [0.05, 0.1) is 0 Å². The highest BCUT2D eigenvalue weighted by Gasteiger charge is 2.20. The molecule has 2 heteroatoms. The molecule has 0 bridgehead atoms.